The van der Waals surface area contributed by atoms with Crippen LogP contribution in [0, 0.1) is 5.41 Å². The normalized spacial score (nSPS) is 21.0. The third-order valence-electron chi connectivity index (χ3n) is 11.2. The van der Waals surface area contributed by atoms with Gasteiger partial charge in [0.25, 0.3) is 14.2 Å². The van der Waals surface area contributed by atoms with Crippen LogP contribution >= 0.6 is 0 Å². The first-order valence-corrected chi connectivity index (χ1v) is 23.2. The largest absolute Gasteiger partial charge is 0.447 e. The van der Waals surface area contributed by atoms with Crippen molar-refractivity contribution >= 4 is 31.3 Å². The highest BCUT2D eigenvalue weighted by molar-refractivity contribution is 6.92. The molecule has 2 aliphatic carbocycles. The highest BCUT2D eigenvalue weighted by atomic mass is 28.4. The van der Waals surface area contributed by atoms with Crippen molar-refractivity contribution in [1.82, 2.24) is 10.6 Å². The fourth-order valence-corrected chi connectivity index (χ4v) is 10.9. The number of allylic oxidation sites excluding steroid dienone is 4. The number of nitrogens with one attached hydrogen (secondary N) is 2. The van der Waals surface area contributed by atoms with Gasteiger partial charge in [0.15, 0.2) is 12.1 Å². The van der Waals surface area contributed by atoms with Crippen LogP contribution in [0.1, 0.15) is 113 Å². The molecule has 0 spiro atoms. The van der Waals surface area contributed by atoms with E-state index in [9.17, 15) is 24.3 Å². The fourth-order valence-electron chi connectivity index (χ4n) is 7.70. The lowest BCUT2D eigenvalue weighted by Gasteiger charge is -2.49. The molecule has 0 aliphatic heterocycles. The molecule has 0 aromatic heterocycles. The summed E-state index contributed by atoms with van der Waals surface area (Å²) in [6.45, 7) is 18.1. The Morgan fingerprint density at radius 3 is 2.34 bits per heavy atom. The molecule has 2 amide bonds. The third-order valence-corrected chi connectivity index (χ3v) is 14.9. The molecule has 1 aromatic carbocycles. The summed E-state index contributed by atoms with van der Waals surface area (Å²) in [5.41, 5.74) is -2.89. The Kier molecular flexibility index (Phi) is 19.5. The number of amides is 2. The average molecular weight is 829 g/mol. The van der Waals surface area contributed by atoms with Crippen molar-refractivity contribution in [2.75, 3.05) is 39.6 Å². The van der Waals surface area contributed by atoms with Crippen molar-refractivity contribution in [3.05, 3.63) is 66.4 Å². The summed E-state index contributed by atoms with van der Waals surface area (Å²) < 4.78 is 28.2. The number of ketones is 1. The number of alkyl carbamates (subject to hydrolysis) is 1. The molecule has 0 radical (unpaired) electrons. The van der Waals surface area contributed by atoms with Crippen LogP contribution in [0.5, 0.6) is 0 Å². The number of rotatable bonds is 26. The second-order valence-electron chi connectivity index (χ2n) is 17.6. The molecule has 3 rings (SSSR count). The number of carbonyl (C=O) groups is 3. The van der Waals surface area contributed by atoms with E-state index in [4.69, 9.17) is 23.7 Å². The van der Waals surface area contributed by atoms with E-state index in [2.05, 4.69) is 49.3 Å². The van der Waals surface area contributed by atoms with Crippen molar-refractivity contribution in [3.63, 3.8) is 0 Å². The first-order chi connectivity index (χ1) is 27.3. The van der Waals surface area contributed by atoms with Crippen molar-refractivity contribution in [3.8, 4) is 0 Å². The molecule has 4 atom stereocenters. The molecule has 1 saturated carbocycles. The lowest BCUT2D eigenvalue weighted by atomic mass is 9.66. The molecular weight excluding hydrogens is 757 g/mol. The Morgan fingerprint density at radius 2 is 1.66 bits per heavy atom. The topological polar surface area (TPSA) is 162 Å². The van der Waals surface area contributed by atoms with Gasteiger partial charge in [0.1, 0.15) is 17.8 Å². The lowest BCUT2D eigenvalue weighted by molar-refractivity contribution is -0.146. The van der Waals surface area contributed by atoms with Gasteiger partial charge in [0.05, 0.1) is 31.4 Å². The van der Waals surface area contributed by atoms with Crippen LogP contribution < -0.4 is 15.8 Å². The van der Waals surface area contributed by atoms with E-state index in [-0.39, 0.29) is 49.6 Å². The highest BCUT2D eigenvalue weighted by Gasteiger charge is 2.47. The van der Waals surface area contributed by atoms with Crippen molar-refractivity contribution in [1.29, 1.82) is 0 Å². The Hall–Kier alpha value is -3.17. The minimum Gasteiger partial charge on any atom is -0.447 e. The highest BCUT2D eigenvalue weighted by Crippen LogP contribution is 2.41. The molecule has 13 heteroatoms. The van der Waals surface area contributed by atoms with Gasteiger partial charge in [0, 0.05) is 19.6 Å². The maximum Gasteiger partial charge on any atom is 0.407 e. The summed E-state index contributed by atoms with van der Waals surface area (Å²) >= 11 is 0. The number of hydrogen-bond donors (Lipinski definition) is 4. The zero-order valence-electron chi connectivity index (χ0n) is 36.2. The van der Waals surface area contributed by atoms with Crippen LogP contribution in [0.3, 0.4) is 0 Å². The lowest BCUT2D eigenvalue weighted by Crippen LogP contribution is -2.66. The fraction of sp³-hybridized carbons (Fsp3) is 0.667. The van der Waals surface area contributed by atoms with Gasteiger partial charge in [-0.05, 0) is 114 Å². The van der Waals surface area contributed by atoms with E-state index in [1.165, 1.54) is 6.08 Å². The van der Waals surface area contributed by atoms with Gasteiger partial charge in [-0.1, -0.05) is 75.4 Å². The van der Waals surface area contributed by atoms with Crippen LogP contribution in [0.15, 0.2) is 66.4 Å². The second kappa shape index (κ2) is 23.0. The van der Waals surface area contributed by atoms with Gasteiger partial charge in [-0.25, -0.2) is 4.79 Å². The number of unbranched alkanes of at least 4 members (excludes halogenated alkanes) is 2. The first-order valence-electron chi connectivity index (χ1n) is 21.1. The molecule has 0 saturated heterocycles. The summed E-state index contributed by atoms with van der Waals surface area (Å²) in [4.78, 5) is 51.3. The smallest absolute Gasteiger partial charge is 0.407 e. The van der Waals surface area contributed by atoms with Crippen LogP contribution in [0.4, 0.5) is 4.79 Å². The number of benzene rings is 1. The van der Waals surface area contributed by atoms with Crippen LogP contribution in [-0.2, 0) is 33.3 Å². The van der Waals surface area contributed by atoms with E-state index in [1.54, 1.807) is 27.7 Å². The van der Waals surface area contributed by atoms with Gasteiger partial charge < -0.3 is 44.2 Å². The van der Waals surface area contributed by atoms with Gasteiger partial charge >= 0.3 is 6.09 Å². The monoisotopic (exact) mass is 828 g/mol. The Balaban J connectivity index is 1.39. The number of Topliss-reactive ketones (excluding diaryl/α,β-unsaturated/α-hetero) is 1. The molecular formula is C45H72N2O10Si. The van der Waals surface area contributed by atoms with E-state index in [0.29, 0.717) is 57.8 Å². The molecule has 12 nitrogen and oxygen atoms in total. The minimum absolute atomic E-state index is 0.0201. The molecule has 2 aliphatic rings. The molecule has 4 unspecified atom stereocenters. The standard InChI is InChI=1S/C45H72N2O10Si/c1-9-39(49)54-31-32-57-43(4,5)38(48)24-17-12-18-28-56-44(6,7)40(50)47-45(8)34-42(2,3)26-25-37(45)46-41(51)55-30-29-53-27-19-33-58(52,35-20-13-10-14-21-35)36-22-15-11-16-23-36/h9-10,13-15,20-23,37,39,49,52H,1,11-12,16-19,24-34H2,2-8H3,(H,46,51)(H,47,50). The molecule has 0 bridgehead atoms. The minimum atomic E-state index is -2.87. The summed E-state index contributed by atoms with van der Waals surface area (Å²) in [6, 6.07) is 10.2. The number of hydrogen-bond acceptors (Lipinski definition) is 10. The molecule has 1 aromatic rings. The maximum absolute atomic E-state index is 13.7. The van der Waals surface area contributed by atoms with E-state index in [1.807, 2.05) is 37.3 Å². The quantitative estimate of drug-likeness (QED) is 0.0353. The van der Waals surface area contributed by atoms with Crippen LogP contribution in [0.25, 0.3) is 0 Å². The third kappa shape index (κ3) is 15.8. The van der Waals surface area contributed by atoms with Gasteiger partial charge in [0.2, 0.25) is 0 Å². The Morgan fingerprint density at radius 1 is 0.931 bits per heavy atom. The number of carbonyl (C=O) groups excluding carboxylic acids is 3. The second-order valence-corrected chi connectivity index (χ2v) is 21.0. The molecule has 4 N–H and O–H groups in total. The summed E-state index contributed by atoms with van der Waals surface area (Å²) in [6.07, 6.45) is 13.3. The summed E-state index contributed by atoms with van der Waals surface area (Å²) in [5.74, 6) is -0.286. The number of aliphatic hydroxyl groups excluding tert-OH is 1. The Labute approximate surface area is 348 Å². The molecule has 1 fully saturated rings. The molecule has 326 valence electrons. The zero-order valence-corrected chi connectivity index (χ0v) is 37.2. The SMILES string of the molecule is C=CC(O)OCCOC(C)(C)C(=O)CCCCCOC(C)(C)C(=O)NC1(C)CC(C)(C)CCC1NC(=O)OCCOCCC[Si](O)(C1=CCCC=C1)c1ccccc1. The van der Waals surface area contributed by atoms with Crippen molar-refractivity contribution in [2.24, 2.45) is 5.41 Å². The molecule has 58 heavy (non-hydrogen) atoms. The molecule has 0 heterocycles. The van der Waals surface area contributed by atoms with Crippen LogP contribution in [0.2, 0.25) is 6.04 Å². The van der Waals surface area contributed by atoms with Gasteiger partial charge in [-0.3, -0.25) is 9.59 Å². The van der Waals surface area contributed by atoms with Crippen molar-refractivity contribution in [2.45, 2.75) is 148 Å². The van der Waals surface area contributed by atoms with E-state index in [0.717, 1.165) is 36.1 Å². The average Bonchev–Trinajstić information content (AvgIpc) is 3.18. The predicted octanol–water partition coefficient (Wildman–Crippen LogP) is 6.47. The summed E-state index contributed by atoms with van der Waals surface area (Å²) in [5, 5.41) is 17.7. The van der Waals surface area contributed by atoms with Crippen molar-refractivity contribution < 1.29 is 48.0 Å². The maximum atomic E-state index is 13.7. The number of aliphatic hydroxyl groups is 1. The first kappa shape index (κ1) is 49.2. The Bertz CT molecular complexity index is 1530. The number of ether oxygens (including phenoxy) is 5. The summed E-state index contributed by atoms with van der Waals surface area (Å²) in [7, 11) is -2.87. The van der Waals surface area contributed by atoms with E-state index < -0.39 is 37.4 Å². The van der Waals surface area contributed by atoms with Gasteiger partial charge in [-0.2, -0.15) is 0 Å². The predicted molar refractivity (Wildman–Crippen MR) is 229 cm³/mol. The van der Waals surface area contributed by atoms with Gasteiger partial charge in [-0.15, -0.1) is 0 Å². The van der Waals surface area contributed by atoms with Crippen LogP contribution in [-0.4, -0.2) is 105 Å². The zero-order chi connectivity index (χ0) is 42.9. The van der Waals surface area contributed by atoms with E-state index >= 15 is 0 Å².